The highest BCUT2D eigenvalue weighted by Crippen LogP contribution is 2.26. The summed E-state index contributed by atoms with van der Waals surface area (Å²) in [5.74, 6) is -0.735. The van der Waals surface area contributed by atoms with Gasteiger partial charge in [0, 0.05) is 12.6 Å². The fraction of sp³-hybridized carbons (Fsp3) is 0.645. The number of ether oxygens (including phenoxy) is 1. The van der Waals surface area contributed by atoms with Crippen LogP contribution in [0.4, 0.5) is 4.79 Å². The second-order valence-electron chi connectivity index (χ2n) is 11.4. The molecule has 7 heteroatoms. The monoisotopic (exact) mass is 529 g/mol. The summed E-state index contributed by atoms with van der Waals surface area (Å²) in [7, 11) is 0. The Morgan fingerprint density at radius 2 is 1.71 bits per heavy atom. The Labute approximate surface area is 230 Å². The first kappa shape index (κ1) is 33.2. The maximum Gasteiger partial charge on any atom is 0.408 e. The molecule has 0 radical (unpaired) electrons. The van der Waals surface area contributed by atoms with Gasteiger partial charge in [-0.15, -0.1) is 0 Å². The van der Waals surface area contributed by atoms with E-state index in [1.807, 2.05) is 45.0 Å². The van der Waals surface area contributed by atoms with E-state index in [1.54, 1.807) is 31.7 Å². The zero-order chi connectivity index (χ0) is 28.9. The van der Waals surface area contributed by atoms with Crippen molar-refractivity contribution in [3.05, 3.63) is 42.0 Å². The van der Waals surface area contributed by atoms with Crippen molar-refractivity contribution in [1.82, 2.24) is 15.5 Å². The molecule has 3 unspecified atom stereocenters. The van der Waals surface area contributed by atoms with Crippen molar-refractivity contribution < 1.29 is 19.1 Å². The number of unbranched alkanes of at least 4 members (excludes halogenated alkanes) is 3. The number of carbonyl (C=O) groups excluding carboxylic acids is 3. The topological polar surface area (TPSA) is 87.7 Å². The van der Waals surface area contributed by atoms with Crippen molar-refractivity contribution in [1.29, 1.82) is 0 Å². The van der Waals surface area contributed by atoms with E-state index in [0.717, 1.165) is 44.1 Å². The summed E-state index contributed by atoms with van der Waals surface area (Å²) >= 11 is 0. The lowest BCUT2D eigenvalue weighted by Gasteiger charge is -2.36. The molecule has 3 atom stereocenters. The third-order valence-corrected chi connectivity index (χ3v) is 6.27. The molecule has 0 aromatic heterocycles. The lowest BCUT2D eigenvalue weighted by Crippen LogP contribution is -2.55. The molecule has 38 heavy (non-hydrogen) atoms. The summed E-state index contributed by atoms with van der Waals surface area (Å²) in [6, 6.07) is 5.85. The quantitative estimate of drug-likeness (QED) is 0.250. The molecule has 7 nitrogen and oxygen atoms in total. The van der Waals surface area contributed by atoms with Gasteiger partial charge in [-0.1, -0.05) is 84.2 Å². The molecule has 2 N–H and O–H groups in total. The molecular weight excluding hydrogens is 478 g/mol. The first-order valence-corrected chi connectivity index (χ1v) is 14.2. The van der Waals surface area contributed by atoms with Crippen LogP contribution in [0.2, 0.25) is 0 Å². The first-order valence-electron chi connectivity index (χ1n) is 14.2. The third-order valence-electron chi connectivity index (χ3n) is 6.27. The summed E-state index contributed by atoms with van der Waals surface area (Å²) in [6.45, 7) is 19.6. The van der Waals surface area contributed by atoms with Gasteiger partial charge in [-0.3, -0.25) is 9.59 Å². The molecule has 0 heterocycles. The fourth-order valence-electron chi connectivity index (χ4n) is 4.36. The van der Waals surface area contributed by atoms with Crippen LogP contribution >= 0.6 is 0 Å². The predicted octanol–water partition coefficient (Wildman–Crippen LogP) is 6.63. The molecule has 0 saturated heterocycles. The summed E-state index contributed by atoms with van der Waals surface area (Å²) in [6.07, 6.45) is 6.65. The summed E-state index contributed by atoms with van der Waals surface area (Å²) in [5, 5.41) is 5.91. The summed E-state index contributed by atoms with van der Waals surface area (Å²) in [5.41, 5.74) is 0.886. The number of nitrogens with one attached hydrogen (secondary N) is 2. The highest BCUT2D eigenvalue weighted by atomic mass is 16.6. The van der Waals surface area contributed by atoms with Gasteiger partial charge >= 0.3 is 6.09 Å². The molecule has 0 aliphatic rings. The van der Waals surface area contributed by atoms with E-state index in [0.29, 0.717) is 12.1 Å². The molecule has 0 fully saturated rings. The number of nitrogens with zero attached hydrogens (tertiary/aromatic N) is 1. The van der Waals surface area contributed by atoms with Gasteiger partial charge < -0.3 is 20.3 Å². The fourth-order valence-corrected chi connectivity index (χ4v) is 4.36. The molecule has 0 bridgehead atoms. The molecule has 3 amide bonds. The smallest absolute Gasteiger partial charge is 0.408 e. The van der Waals surface area contributed by atoms with E-state index in [2.05, 4.69) is 31.1 Å². The maximum atomic E-state index is 14.2. The average molecular weight is 530 g/mol. The minimum absolute atomic E-state index is 0.0320. The van der Waals surface area contributed by atoms with Gasteiger partial charge in [-0.2, -0.15) is 0 Å². The Kier molecular flexibility index (Phi) is 14.2. The van der Waals surface area contributed by atoms with Crippen LogP contribution in [0.1, 0.15) is 111 Å². The lowest BCUT2D eigenvalue weighted by atomic mass is 9.97. The van der Waals surface area contributed by atoms with Crippen molar-refractivity contribution in [2.24, 2.45) is 5.92 Å². The van der Waals surface area contributed by atoms with Gasteiger partial charge in [0.05, 0.1) is 0 Å². The number of carbonyl (C=O) groups is 3. The number of hydrogen-bond donors (Lipinski definition) is 2. The van der Waals surface area contributed by atoms with Crippen LogP contribution in [0.15, 0.2) is 30.8 Å². The third kappa shape index (κ3) is 11.3. The Morgan fingerprint density at radius 1 is 1.03 bits per heavy atom. The predicted molar refractivity (Wildman–Crippen MR) is 156 cm³/mol. The van der Waals surface area contributed by atoms with Crippen molar-refractivity contribution in [2.75, 3.05) is 6.54 Å². The number of hydrogen-bond acceptors (Lipinski definition) is 4. The zero-order valence-electron chi connectivity index (χ0n) is 24.9. The lowest BCUT2D eigenvalue weighted by molar-refractivity contribution is -0.143. The van der Waals surface area contributed by atoms with Gasteiger partial charge in [0.15, 0.2) is 0 Å². The molecule has 0 aliphatic heterocycles. The maximum absolute atomic E-state index is 14.2. The van der Waals surface area contributed by atoms with Crippen LogP contribution in [0.3, 0.4) is 0 Å². The minimum atomic E-state index is -0.845. The largest absolute Gasteiger partial charge is 0.444 e. The molecule has 1 aromatic carbocycles. The Bertz CT molecular complexity index is 907. The second kappa shape index (κ2) is 16.2. The minimum Gasteiger partial charge on any atom is -0.444 e. The Hall–Kier alpha value is -2.83. The van der Waals surface area contributed by atoms with E-state index < -0.39 is 23.8 Å². The van der Waals surface area contributed by atoms with Crippen molar-refractivity contribution >= 4 is 24.0 Å². The van der Waals surface area contributed by atoms with Crippen LogP contribution in [0.5, 0.6) is 0 Å². The number of amides is 3. The SMILES string of the molecule is C=Cc1cccc(C(C(=O)NC(C)CCC)N(CCCCCC)C(=O)C(NC(=O)OC(C)(C)C)C(C)C)c1. The molecule has 1 rings (SSSR count). The van der Waals surface area contributed by atoms with Crippen LogP contribution in [0, 0.1) is 5.92 Å². The molecule has 0 aliphatic carbocycles. The van der Waals surface area contributed by atoms with Crippen molar-refractivity contribution in [2.45, 2.75) is 118 Å². The van der Waals surface area contributed by atoms with Crippen LogP contribution in [-0.2, 0) is 14.3 Å². The summed E-state index contributed by atoms with van der Waals surface area (Å²) in [4.78, 5) is 42.3. The molecule has 0 saturated carbocycles. The Balaban J connectivity index is 3.52. The standard InChI is InChI=1S/C31H51N3O4/c1-10-13-14-15-20-34(29(36)26(22(4)5)33-30(37)38-31(7,8)9)27(28(35)32-23(6)17-11-2)25-19-16-18-24(12-3)21-25/h12,16,18-19,21-23,26-27H,3,10-11,13-15,17,20H2,1-2,4-9H3,(H,32,35)(H,33,37). The van der Waals surface area contributed by atoms with Crippen molar-refractivity contribution in [3.8, 4) is 0 Å². The van der Waals surface area contributed by atoms with E-state index in [9.17, 15) is 14.4 Å². The number of alkyl carbamates (subject to hydrolysis) is 1. The molecule has 0 spiro atoms. The van der Waals surface area contributed by atoms with Crippen LogP contribution in [0.25, 0.3) is 6.08 Å². The van der Waals surface area contributed by atoms with E-state index in [-0.39, 0.29) is 23.8 Å². The van der Waals surface area contributed by atoms with Gasteiger partial charge in [-0.05, 0) is 63.6 Å². The highest BCUT2D eigenvalue weighted by Gasteiger charge is 2.37. The molecular formula is C31H51N3O4. The highest BCUT2D eigenvalue weighted by molar-refractivity contribution is 5.92. The van der Waals surface area contributed by atoms with Crippen LogP contribution in [-0.4, -0.2) is 47.0 Å². The molecule has 1 aromatic rings. The number of rotatable bonds is 15. The van der Waals surface area contributed by atoms with Gasteiger partial charge in [0.1, 0.15) is 17.7 Å². The Morgan fingerprint density at radius 3 is 2.26 bits per heavy atom. The van der Waals surface area contributed by atoms with Crippen molar-refractivity contribution in [3.63, 3.8) is 0 Å². The van der Waals surface area contributed by atoms with Crippen LogP contribution < -0.4 is 10.6 Å². The van der Waals surface area contributed by atoms with Gasteiger partial charge in [0.2, 0.25) is 11.8 Å². The molecule has 214 valence electrons. The zero-order valence-corrected chi connectivity index (χ0v) is 24.9. The summed E-state index contributed by atoms with van der Waals surface area (Å²) < 4.78 is 5.45. The van der Waals surface area contributed by atoms with E-state index >= 15 is 0 Å². The van der Waals surface area contributed by atoms with E-state index in [4.69, 9.17) is 4.74 Å². The van der Waals surface area contributed by atoms with Gasteiger partial charge in [-0.25, -0.2) is 4.79 Å². The number of benzene rings is 1. The first-order chi connectivity index (χ1) is 17.8. The second-order valence-corrected chi connectivity index (χ2v) is 11.4. The van der Waals surface area contributed by atoms with Gasteiger partial charge in [0.25, 0.3) is 0 Å². The van der Waals surface area contributed by atoms with E-state index in [1.165, 1.54) is 0 Å². The average Bonchev–Trinajstić information content (AvgIpc) is 2.82. The normalized spacial score (nSPS) is 13.8.